The number of thiophene rings is 2. The molecule has 0 fully saturated rings. The number of alkyl halides is 1. The first-order valence-electron chi connectivity index (χ1n) is 14.6. The van der Waals surface area contributed by atoms with Gasteiger partial charge in [-0.1, -0.05) is 11.3 Å². The van der Waals surface area contributed by atoms with Crippen molar-refractivity contribution < 1.29 is 98.0 Å². The van der Waals surface area contributed by atoms with E-state index in [-0.39, 0.29) is 11.4 Å². The quantitative estimate of drug-likeness (QED) is 0.0609. The van der Waals surface area contributed by atoms with Crippen LogP contribution in [0.15, 0.2) is 50.4 Å². The molecule has 26 heteroatoms. The van der Waals surface area contributed by atoms with Crippen molar-refractivity contribution in [3.63, 3.8) is 0 Å². The van der Waals surface area contributed by atoms with Gasteiger partial charge in [-0.15, -0.1) is 27.7 Å². The molecule has 0 radical (unpaired) electrons. The highest BCUT2D eigenvalue weighted by Gasteiger charge is 2.67. The van der Waals surface area contributed by atoms with Crippen molar-refractivity contribution in [2.24, 2.45) is 0 Å². The van der Waals surface area contributed by atoms with Gasteiger partial charge in [-0.3, -0.25) is 0 Å². The largest absolute Gasteiger partial charge is 0.507 e. The molecule has 1 aliphatic rings. The van der Waals surface area contributed by atoms with Crippen molar-refractivity contribution in [1.82, 2.24) is 0 Å². The van der Waals surface area contributed by atoms with Crippen LogP contribution >= 0.6 is 22.7 Å². The van der Waals surface area contributed by atoms with Gasteiger partial charge >= 0.3 is 0 Å². The summed E-state index contributed by atoms with van der Waals surface area (Å²) >= 11 is 3.95. The van der Waals surface area contributed by atoms with Gasteiger partial charge in [0, 0.05) is 18.0 Å². The lowest BCUT2D eigenvalue weighted by atomic mass is 9.04. The van der Waals surface area contributed by atoms with Gasteiger partial charge in [-0.05, 0) is 27.7 Å². The monoisotopic (exact) mass is 912 g/mol. The fourth-order valence-corrected chi connectivity index (χ4v) is 8.51. The smallest absolute Gasteiger partial charge is 0.246 e. The zero-order chi connectivity index (χ0) is 43.8. The molecule has 2 aromatic heterocycles. The summed E-state index contributed by atoms with van der Waals surface area (Å²) in [6.07, 6.45) is -12.5. The summed E-state index contributed by atoms with van der Waals surface area (Å²) in [5, 5.41) is 15.0. The van der Waals surface area contributed by atoms with E-state index in [1.165, 1.54) is 11.3 Å². The minimum absolute atomic E-state index is 0.123. The number of aromatic hydroxyl groups is 2. The van der Waals surface area contributed by atoms with Crippen LogP contribution in [-0.2, 0) is 17.9 Å². The topological polar surface area (TPSA) is 40.5 Å². The second kappa shape index (κ2) is 15.4. The van der Waals surface area contributed by atoms with E-state index in [0.29, 0.717) is 5.75 Å². The second-order valence-electron chi connectivity index (χ2n) is 11.6. The molecular weight excluding hydrogens is 903 g/mol. The molecule has 2 nitrogen and oxygen atoms in total. The Labute approximate surface area is 320 Å². The van der Waals surface area contributed by atoms with E-state index in [1.807, 2.05) is 5.38 Å². The molecule has 0 saturated heterocycles. The van der Waals surface area contributed by atoms with Gasteiger partial charge in [0.2, 0.25) is 4.21 Å². The molecule has 0 amide bonds. The molecule has 2 heterocycles. The lowest BCUT2D eigenvalue weighted by Crippen LogP contribution is -2.85. The molecular formula is C32H9BF20O2S3. The minimum atomic E-state index is -7.47. The summed E-state index contributed by atoms with van der Waals surface area (Å²) in [5.41, 5.74) is -10.9. The lowest BCUT2D eigenvalue weighted by Gasteiger charge is -2.58. The zero-order valence-corrected chi connectivity index (χ0v) is 29.4. The average Bonchev–Trinajstić information content (AvgIpc) is 3.80. The number of hydrogen-bond acceptors (Lipinski definition) is 4. The Kier molecular flexibility index (Phi) is 11.7. The molecule has 58 heavy (non-hydrogen) atoms. The van der Waals surface area contributed by atoms with Crippen molar-refractivity contribution in [3.8, 4) is 11.5 Å². The van der Waals surface area contributed by atoms with Crippen LogP contribution in [0.4, 0.5) is 87.8 Å². The fourth-order valence-electron chi connectivity index (χ4n) is 6.63. The van der Waals surface area contributed by atoms with Gasteiger partial charge < -0.3 is 10.2 Å². The molecule has 0 bridgehead atoms. The second-order valence-corrected chi connectivity index (χ2v) is 14.3. The van der Waals surface area contributed by atoms with E-state index in [0.717, 1.165) is 4.21 Å². The standard InChI is InChI=1S/C28H4BF20OS.C4H4OS2/c30-8-5(9(31)15(37)20(42)14(8)36)29(6-10(32)16(38)21(43)17(39)11(6)33,7-12(34)18(40)22(44)19(41)13(7)35)28(4-1-3(50)2-51-4)26(48)24(46)23(45)25(47)27(28)49;5-3-1-2-7-4(3)6/h1-2,26,50H;1-2,5-6H/q-1;/p+1. The molecule has 2 N–H and O–H groups in total. The van der Waals surface area contributed by atoms with Gasteiger partial charge in [0.25, 0.3) is 0 Å². The molecule has 0 saturated carbocycles. The SMILES string of the molecule is Oc1ccsc1[SH2+].Oc1csc(C2([B-](c3c(F)c(F)c(F)c(F)c3F)(c3c(F)c(F)c(F)c(F)c3F)c3c(F)c(F)c(F)c(F)c3F)C(F)=C(F)C(F)=C(F)C2F)c1. The first-order valence-corrected chi connectivity index (χ1v) is 16.9. The third-order valence-electron chi connectivity index (χ3n) is 8.93. The average molecular weight is 912 g/mol. The van der Waals surface area contributed by atoms with E-state index >= 15 is 43.9 Å². The maximum Gasteiger partial charge on any atom is 0.246 e. The normalized spacial score (nSPS) is 17.3. The van der Waals surface area contributed by atoms with Crippen LogP contribution < -0.4 is 16.4 Å². The summed E-state index contributed by atoms with van der Waals surface area (Å²) in [7, 11) is 0. The van der Waals surface area contributed by atoms with E-state index < -0.39 is 167 Å². The van der Waals surface area contributed by atoms with Gasteiger partial charge in [0.15, 0.2) is 75.6 Å². The van der Waals surface area contributed by atoms with Crippen LogP contribution in [0, 0.1) is 87.3 Å². The highest BCUT2D eigenvalue weighted by molar-refractivity contribution is 7.62. The predicted molar refractivity (Wildman–Crippen MR) is 169 cm³/mol. The van der Waals surface area contributed by atoms with Gasteiger partial charge in [-0.25, -0.2) is 87.8 Å². The number of halogens is 20. The molecule has 310 valence electrons. The summed E-state index contributed by atoms with van der Waals surface area (Å²) in [6.45, 7) is 0. The van der Waals surface area contributed by atoms with Gasteiger partial charge in [-0.2, -0.15) is 0 Å². The number of allylic oxidation sites excluding steroid dienone is 4. The van der Waals surface area contributed by atoms with E-state index in [1.54, 1.807) is 6.07 Å². The Morgan fingerprint density at radius 1 is 0.517 bits per heavy atom. The molecule has 0 spiro atoms. The summed E-state index contributed by atoms with van der Waals surface area (Å²) < 4.78 is 308. The number of benzene rings is 3. The van der Waals surface area contributed by atoms with Crippen LogP contribution in [0.3, 0.4) is 0 Å². The summed E-state index contributed by atoms with van der Waals surface area (Å²) in [5.74, 6) is -69.6. The van der Waals surface area contributed by atoms with Crippen LogP contribution in [0.1, 0.15) is 4.88 Å². The first kappa shape index (κ1) is 44.3. The number of hydrogen-bond donors (Lipinski definition) is 2. The molecule has 1 aliphatic carbocycles. The fraction of sp³-hybridized carbons (Fsp3) is 0.0625. The lowest BCUT2D eigenvalue weighted by molar-refractivity contribution is 0.219. The zero-order valence-electron chi connectivity index (χ0n) is 26.7. The Hall–Kier alpha value is -4.85. The Morgan fingerprint density at radius 2 is 0.862 bits per heavy atom. The number of rotatable bonds is 5. The van der Waals surface area contributed by atoms with Crippen LogP contribution in [-0.4, -0.2) is 22.5 Å². The molecule has 5 aromatic rings. The van der Waals surface area contributed by atoms with Crippen molar-refractivity contribution >= 4 is 57.8 Å². The molecule has 0 aliphatic heterocycles. The van der Waals surface area contributed by atoms with Crippen molar-refractivity contribution in [1.29, 1.82) is 0 Å². The molecule has 3 aromatic carbocycles. The Morgan fingerprint density at radius 3 is 1.12 bits per heavy atom. The summed E-state index contributed by atoms with van der Waals surface area (Å²) in [4.78, 5) is -2.15. The minimum Gasteiger partial charge on any atom is -0.507 e. The van der Waals surface area contributed by atoms with Crippen LogP contribution in [0.25, 0.3) is 0 Å². The maximum atomic E-state index is 16.8. The van der Waals surface area contributed by atoms with E-state index in [2.05, 4.69) is 12.6 Å². The Balaban J connectivity index is 0.000000826. The molecule has 6 rings (SSSR count). The first-order chi connectivity index (χ1) is 26.9. The Bertz CT molecular complexity index is 2330. The highest BCUT2D eigenvalue weighted by atomic mass is 32.2. The molecule has 2 atom stereocenters. The van der Waals surface area contributed by atoms with Crippen LogP contribution in [0.5, 0.6) is 11.5 Å². The highest BCUT2D eigenvalue weighted by Crippen LogP contribution is 2.57. The van der Waals surface area contributed by atoms with Crippen molar-refractivity contribution in [2.75, 3.05) is 0 Å². The third-order valence-corrected chi connectivity index (χ3v) is 11.3. The molecule has 2 unspecified atom stereocenters. The van der Waals surface area contributed by atoms with Gasteiger partial charge in [0.05, 0.1) is 0 Å². The van der Waals surface area contributed by atoms with E-state index in [9.17, 15) is 49.0 Å². The van der Waals surface area contributed by atoms with Crippen LogP contribution in [0.2, 0.25) is 0 Å². The van der Waals surface area contributed by atoms with Crippen molar-refractivity contribution in [3.05, 3.63) is 138 Å². The maximum absolute atomic E-state index is 16.8. The van der Waals surface area contributed by atoms with Gasteiger partial charge in [0.1, 0.15) is 58.8 Å². The van der Waals surface area contributed by atoms with E-state index in [4.69, 9.17) is 5.11 Å². The predicted octanol–water partition coefficient (Wildman–Crippen LogP) is 8.96. The third kappa shape index (κ3) is 5.94. The van der Waals surface area contributed by atoms with Crippen molar-refractivity contribution in [2.45, 2.75) is 15.7 Å². The summed E-state index contributed by atoms with van der Waals surface area (Å²) in [6, 6.07) is 1.33.